The van der Waals surface area contributed by atoms with Gasteiger partial charge in [0.1, 0.15) is 5.82 Å². The van der Waals surface area contributed by atoms with Crippen molar-refractivity contribution in [1.29, 1.82) is 0 Å². The first-order valence-electron chi connectivity index (χ1n) is 9.39. The number of carbonyl (C=O) groups excluding carboxylic acids is 1. The second kappa shape index (κ2) is 7.64. The first-order chi connectivity index (χ1) is 12.8. The van der Waals surface area contributed by atoms with Crippen molar-refractivity contribution in [2.75, 3.05) is 25.0 Å². The minimum atomic E-state index is -0.257. The highest BCUT2D eigenvalue weighted by atomic mass is 16.2. The first-order valence-corrected chi connectivity index (χ1v) is 9.39. The summed E-state index contributed by atoms with van der Waals surface area (Å²) >= 11 is 0. The van der Waals surface area contributed by atoms with E-state index < -0.39 is 0 Å². The van der Waals surface area contributed by atoms with E-state index in [-0.39, 0.29) is 17.8 Å². The minimum absolute atomic E-state index is 0.185. The molecule has 2 aromatic rings. The van der Waals surface area contributed by atoms with Gasteiger partial charge in [0.05, 0.1) is 5.69 Å². The Morgan fingerprint density at radius 2 is 2.04 bits per heavy atom. The predicted molar refractivity (Wildman–Crippen MR) is 105 cm³/mol. The molecule has 1 aliphatic rings. The summed E-state index contributed by atoms with van der Waals surface area (Å²) in [6, 6.07) is 2.66. The van der Waals surface area contributed by atoms with E-state index in [1.165, 1.54) is 0 Å². The maximum absolute atomic E-state index is 12.0. The van der Waals surface area contributed by atoms with Crippen LogP contribution in [0, 0.1) is 20.8 Å². The zero-order chi connectivity index (χ0) is 19.7. The van der Waals surface area contributed by atoms with Crippen LogP contribution in [-0.2, 0) is 7.05 Å². The molecule has 0 bridgehead atoms. The Morgan fingerprint density at radius 3 is 2.67 bits per heavy atom. The Kier molecular flexibility index (Phi) is 5.46. The second-order valence-corrected chi connectivity index (χ2v) is 7.31. The second-order valence-electron chi connectivity index (χ2n) is 7.31. The lowest BCUT2D eigenvalue weighted by atomic mass is 10.1. The van der Waals surface area contributed by atoms with Crippen LogP contribution in [0.25, 0.3) is 0 Å². The minimum Gasteiger partial charge on any atom is -0.355 e. The zero-order valence-electron chi connectivity index (χ0n) is 17.0. The molecule has 8 heteroatoms. The summed E-state index contributed by atoms with van der Waals surface area (Å²) in [4.78, 5) is 23.1. The van der Waals surface area contributed by atoms with Crippen molar-refractivity contribution in [3.8, 4) is 0 Å². The molecule has 1 fully saturated rings. The van der Waals surface area contributed by atoms with E-state index in [1.54, 1.807) is 7.05 Å². The molecule has 0 aliphatic carbocycles. The van der Waals surface area contributed by atoms with Crippen molar-refractivity contribution < 1.29 is 4.79 Å². The van der Waals surface area contributed by atoms with Gasteiger partial charge in [0.2, 0.25) is 5.82 Å². The molecule has 1 aliphatic heterocycles. The van der Waals surface area contributed by atoms with Crippen LogP contribution >= 0.6 is 0 Å². The van der Waals surface area contributed by atoms with Crippen LogP contribution in [0.1, 0.15) is 52.7 Å². The molecule has 0 radical (unpaired) electrons. The third kappa shape index (κ3) is 3.95. The number of hydrogen-bond acceptors (Lipinski definition) is 6. The van der Waals surface area contributed by atoms with Crippen molar-refractivity contribution >= 4 is 11.7 Å². The molecule has 1 saturated heterocycles. The van der Waals surface area contributed by atoms with Crippen LogP contribution < -0.4 is 15.5 Å². The van der Waals surface area contributed by atoms with Gasteiger partial charge in [-0.25, -0.2) is 9.97 Å². The van der Waals surface area contributed by atoms with E-state index in [9.17, 15) is 4.79 Å². The highest BCUT2D eigenvalue weighted by Gasteiger charge is 2.28. The Labute approximate surface area is 160 Å². The predicted octanol–water partition coefficient (Wildman–Crippen LogP) is 1.42. The van der Waals surface area contributed by atoms with E-state index in [0.717, 1.165) is 48.0 Å². The number of nitrogens with zero attached hydrogens (tertiary/aromatic N) is 5. The summed E-state index contributed by atoms with van der Waals surface area (Å²) in [6.07, 6.45) is 1.02. The van der Waals surface area contributed by atoms with Crippen molar-refractivity contribution in [3.05, 3.63) is 34.5 Å². The van der Waals surface area contributed by atoms with Gasteiger partial charge in [-0.3, -0.25) is 9.48 Å². The largest absolute Gasteiger partial charge is 0.355 e. The van der Waals surface area contributed by atoms with Gasteiger partial charge in [-0.15, -0.1) is 0 Å². The Bertz CT molecular complexity index is 825. The first kappa shape index (κ1) is 19.3. The van der Waals surface area contributed by atoms with Gasteiger partial charge < -0.3 is 15.5 Å². The lowest BCUT2D eigenvalue weighted by Crippen LogP contribution is -2.35. The van der Waals surface area contributed by atoms with Crippen LogP contribution in [0.2, 0.25) is 0 Å². The molecule has 27 heavy (non-hydrogen) atoms. The quantitative estimate of drug-likeness (QED) is 0.827. The topological polar surface area (TPSA) is 88.0 Å². The molecule has 1 unspecified atom stereocenters. The van der Waals surface area contributed by atoms with Gasteiger partial charge in [0.25, 0.3) is 5.91 Å². The fourth-order valence-corrected chi connectivity index (χ4v) is 3.46. The van der Waals surface area contributed by atoms with Crippen LogP contribution in [0.5, 0.6) is 0 Å². The van der Waals surface area contributed by atoms with Crippen molar-refractivity contribution in [2.24, 2.45) is 7.05 Å². The number of anilines is 1. The maximum Gasteiger partial charge on any atom is 0.288 e. The molecule has 0 saturated carbocycles. The highest BCUT2D eigenvalue weighted by Crippen LogP contribution is 2.25. The number of hydrogen-bond donors (Lipinski definition) is 2. The molecule has 3 rings (SSSR count). The number of amides is 1. The fraction of sp³-hybridized carbons (Fsp3) is 0.579. The van der Waals surface area contributed by atoms with Crippen molar-refractivity contribution in [1.82, 2.24) is 30.4 Å². The molecule has 0 spiro atoms. The lowest BCUT2D eigenvalue weighted by Gasteiger charge is -2.22. The average molecular weight is 371 g/mol. The summed E-state index contributed by atoms with van der Waals surface area (Å²) < 4.78 is 1.90. The van der Waals surface area contributed by atoms with Gasteiger partial charge in [0, 0.05) is 56.2 Å². The summed E-state index contributed by atoms with van der Waals surface area (Å²) in [5, 5.41) is 10.9. The molecule has 2 N–H and O–H groups in total. The van der Waals surface area contributed by atoms with Crippen molar-refractivity contribution in [2.45, 2.75) is 46.2 Å². The Morgan fingerprint density at radius 1 is 1.30 bits per heavy atom. The van der Waals surface area contributed by atoms with Gasteiger partial charge >= 0.3 is 0 Å². The smallest absolute Gasteiger partial charge is 0.288 e. The SMILES string of the molecule is CNC(=O)c1nc(C)c(C)c(N2CC[C@@H](NC(C)c3cc(C)n(C)n3)C2)n1. The monoisotopic (exact) mass is 371 g/mol. The highest BCUT2D eigenvalue weighted by molar-refractivity contribution is 5.90. The zero-order valence-corrected chi connectivity index (χ0v) is 17.0. The van der Waals surface area contributed by atoms with E-state index >= 15 is 0 Å². The van der Waals surface area contributed by atoms with Crippen LogP contribution in [-0.4, -0.2) is 51.8 Å². The molecule has 0 aromatic carbocycles. The van der Waals surface area contributed by atoms with Crippen molar-refractivity contribution in [3.63, 3.8) is 0 Å². The number of carbonyl (C=O) groups is 1. The standard InChI is InChI=1S/C19H29N7O/c1-11-9-16(24-25(11)6)14(4)21-15-7-8-26(10-15)18-12(2)13(3)22-17(23-18)19(27)20-5/h9,14-15,21H,7-8,10H2,1-6H3,(H,20,27)/t14?,15-/m1/s1. The Balaban J connectivity index is 1.72. The molecule has 146 valence electrons. The summed E-state index contributed by atoms with van der Waals surface area (Å²) in [7, 11) is 3.56. The van der Waals surface area contributed by atoms with E-state index in [1.807, 2.05) is 25.6 Å². The van der Waals surface area contributed by atoms with Gasteiger partial charge in [0.15, 0.2) is 0 Å². The number of aromatic nitrogens is 4. The van der Waals surface area contributed by atoms with Gasteiger partial charge in [-0.1, -0.05) is 0 Å². The molecule has 1 amide bonds. The molecule has 2 atom stereocenters. The third-order valence-corrected chi connectivity index (χ3v) is 5.34. The van der Waals surface area contributed by atoms with Crippen LogP contribution in [0.15, 0.2) is 6.07 Å². The number of rotatable bonds is 5. The Hall–Kier alpha value is -2.48. The van der Waals surface area contributed by atoms with E-state index in [4.69, 9.17) is 0 Å². The van der Waals surface area contributed by atoms with E-state index in [2.05, 4.69) is 50.5 Å². The fourth-order valence-electron chi connectivity index (χ4n) is 3.46. The summed E-state index contributed by atoms with van der Waals surface area (Å²) in [5.74, 6) is 0.823. The van der Waals surface area contributed by atoms with Crippen LogP contribution in [0.4, 0.5) is 5.82 Å². The number of aryl methyl sites for hydroxylation is 3. The van der Waals surface area contributed by atoms with E-state index in [0.29, 0.717) is 6.04 Å². The molecular weight excluding hydrogens is 342 g/mol. The summed E-state index contributed by atoms with van der Waals surface area (Å²) in [6.45, 7) is 9.89. The van der Waals surface area contributed by atoms with Gasteiger partial charge in [-0.05, 0) is 40.2 Å². The molecular formula is C19H29N7O. The van der Waals surface area contributed by atoms with Crippen LogP contribution in [0.3, 0.4) is 0 Å². The lowest BCUT2D eigenvalue weighted by molar-refractivity contribution is 0.0952. The number of nitrogens with one attached hydrogen (secondary N) is 2. The maximum atomic E-state index is 12.0. The van der Waals surface area contributed by atoms with Gasteiger partial charge in [-0.2, -0.15) is 5.10 Å². The normalized spacial score (nSPS) is 18.0. The average Bonchev–Trinajstić information content (AvgIpc) is 3.23. The molecule has 8 nitrogen and oxygen atoms in total. The molecule has 2 aromatic heterocycles. The summed E-state index contributed by atoms with van der Waals surface area (Å²) in [5.41, 5.74) is 4.08. The molecule has 3 heterocycles. The third-order valence-electron chi connectivity index (χ3n) is 5.34.